The molecule has 0 aliphatic carbocycles. The Balaban J connectivity index is 0.00000169. The van der Waals surface area contributed by atoms with E-state index in [1.54, 1.807) is 0 Å². The number of unbranched alkanes of at least 4 members (excludes halogenated alkanes) is 1. The van der Waals surface area contributed by atoms with Gasteiger partial charge in [0, 0.05) is 6.04 Å². The molecule has 1 rings (SSSR count). The van der Waals surface area contributed by atoms with Gasteiger partial charge in [-0.25, -0.2) is 0 Å². The molecular weight excluding hydrogens is 194 g/mol. The Hall–Kier alpha value is -0.530. The summed E-state index contributed by atoms with van der Waals surface area (Å²) in [6, 6.07) is 11.1. The molecule has 0 fully saturated rings. The van der Waals surface area contributed by atoms with Crippen LogP contribution in [0.2, 0.25) is 0 Å². The van der Waals surface area contributed by atoms with Gasteiger partial charge >= 0.3 is 0 Å². The first kappa shape index (κ1) is 13.5. The molecule has 14 heavy (non-hydrogen) atoms. The average Bonchev–Trinajstić information content (AvgIpc) is 2.19. The third-order valence-electron chi connectivity index (χ3n) is 2.28. The topological polar surface area (TPSA) is 12.0 Å². The van der Waals surface area contributed by atoms with Gasteiger partial charge in [-0.3, -0.25) is 0 Å². The van der Waals surface area contributed by atoms with Crippen LogP contribution >= 0.6 is 12.4 Å². The number of hydrogen-bond acceptors (Lipinski definition) is 1. The molecule has 1 aromatic carbocycles. The molecule has 0 saturated heterocycles. The molecule has 0 radical (unpaired) electrons. The van der Waals surface area contributed by atoms with Crippen molar-refractivity contribution >= 4 is 12.4 Å². The largest absolute Gasteiger partial charge is 0.310 e. The third kappa shape index (κ3) is 4.64. The van der Waals surface area contributed by atoms with Crippen molar-refractivity contribution in [2.75, 3.05) is 6.54 Å². The molecule has 0 aliphatic heterocycles. The second-order valence-corrected chi connectivity index (χ2v) is 3.44. The second kappa shape index (κ2) is 7.84. The zero-order valence-electron chi connectivity index (χ0n) is 8.99. The number of rotatable bonds is 5. The minimum atomic E-state index is 0. The quantitative estimate of drug-likeness (QED) is 0.738. The highest BCUT2D eigenvalue weighted by Gasteiger charge is 2.01. The van der Waals surface area contributed by atoms with Crippen molar-refractivity contribution in [1.29, 1.82) is 0 Å². The van der Waals surface area contributed by atoms with E-state index < -0.39 is 0 Å². The van der Waals surface area contributed by atoms with E-state index in [0.717, 1.165) is 6.54 Å². The van der Waals surface area contributed by atoms with E-state index in [4.69, 9.17) is 0 Å². The van der Waals surface area contributed by atoms with Crippen molar-refractivity contribution in [3.8, 4) is 0 Å². The number of benzene rings is 1. The van der Waals surface area contributed by atoms with Gasteiger partial charge in [-0.1, -0.05) is 43.7 Å². The fourth-order valence-corrected chi connectivity index (χ4v) is 1.35. The van der Waals surface area contributed by atoms with Gasteiger partial charge in [-0.15, -0.1) is 12.4 Å². The van der Waals surface area contributed by atoms with E-state index in [1.807, 2.05) is 0 Å². The minimum absolute atomic E-state index is 0. The Labute approximate surface area is 93.3 Å². The molecule has 1 N–H and O–H groups in total. The normalized spacial score (nSPS) is 11.9. The molecule has 0 aliphatic rings. The molecule has 1 nitrogen and oxygen atoms in total. The number of halogens is 1. The van der Waals surface area contributed by atoms with E-state index in [0.29, 0.717) is 6.04 Å². The summed E-state index contributed by atoms with van der Waals surface area (Å²) in [4.78, 5) is 0. The van der Waals surface area contributed by atoms with Crippen LogP contribution < -0.4 is 5.32 Å². The molecule has 2 heteroatoms. The Morgan fingerprint density at radius 3 is 2.43 bits per heavy atom. The van der Waals surface area contributed by atoms with Gasteiger partial charge in [-0.2, -0.15) is 0 Å². The predicted molar refractivity (Wildman–Crippen MR) is 65.0 cm³/mol. The standard InChI is InChI=1S/C12H19N.ClH/c1-3-4-10-13-11(2)12-8-6-5-7-9-12;/h5-9,11,13H,3-4,10H2,1-2H3;1H. The smallest absolute Gasteiger partial charge is 0.0291 e. The van der Waals surface area contributed by atoms with Crippen molar-refractivity contribution in [3.05, 3.63) is 35.9 Å². The highest BCUT2D eigenvalue weighted by Crippen LogP contribution is 2.10. The Bertz CT molecular complexity index is 223. The van der Waals surface area contributed by atoms with Gasteiger partial charge in [0.15, 0.2) is 0 Å². The van der Waals surface area contributed by atoms with Crippen LogP contribution in [0, 0.1) is 0 Å². The molecule has 0 amide bonds. The summed E-state index contributed by atoms with van der Waals surface area (Å²) < 4.78 is 0. The maximum atomic E-state index is 3.50. The van der Waals surface area contributed by atoms with E-state index in [-0.39, 0.29) is 12.4 Å². The molecule has 1 unspecified atom stereocenters. The zero-order chi connectivity index (χ0) is 9.52. The van der Waals surface area contributed by atoms with Crippen LogP contribution in [0.1, 0.15) is 38.3 Å². The summed E-state index contributed by atoms with van der Waals surface area (Å²) in [5, 5.41) is 3.50. The molecule has 0 spiro atoms. The summed E-state index contributed by atoms with van der Waals surface area (Å²) in [6.07, 6.45) is 2.52. The summed E-state index contributed by atoms with van der Waals surface area (Å²) >= 11 is 0. The first-order valence-electron chi connectivity index (χ1n) is 5.13. The van der Waals surface area contributed by atoms with Gasteiger partial charge < -0.3 is 5.32 Å². The van der Waals surface area contributed by atoms with Crippen LogP contribution in [0.3, 0.4) is 0 Å². The van der Waals surface area contributed by atoms with Gasteiger partial charge in [0.2, 0.25) is 0 Å². The fraction of sp³-hybridized carbons (Fsp3) is 0.500. The highest BCUT2D eigenvalue weighted by atomic mass is 35.5. The molecule has 1 atom stereocenters. The maximum Gasteiger partial charge on any atom is 0.0291 e. The molecule has 80 valence electrons. The Morgan fingerprint density at radius 1 is 1.21 bits per heavy atom. The van der Waals surface area contributed by atoms with Crippen molar-refractivity contribution < 1.29 is 0 Å². The molecule has 1 aromatic rings. The lowest BCUT2D eigenvalue weighted by molar-refractivity contribution is 0.554. The van der Waals surface area contributed by atoms with Crippen LogP contribution in [0.5, 0.6) is 0 Å². The molecular formula is C12H20ClN. The van der Waals surface area contributed by atoms with Crippen molar-refractivity contribution in [1.82, 2.24) is 5.32 Å². The lowest BCUT2D eigenvalue weighted by Gasteiger charge is -2.13. The van der Waals surface area contributed by atoms with E-state index in [9.17, 15) is 0 Å². The monoisotopic (exact) mass is 213 g/mol. The second-order valence-electron chi connectivity index (χ2n) is 3.44. The summed E-state index contributed by atoms with van der Waals surface area (Å²) in [5.74, 6) is 0. The van der Waals surface area contributed by atoms with Crippen LogP contribution in [-0.4, -0.2) is 6.54 Å². The van der Waals surface area contributed by atoms with Crippen LogP contribution in [0.15, 0.2) is 30.3 Å². The van der Waals surface area contributed by atoms with Crippen molar-refractivity contribution in [3.63, 3.8) is 0 Å². The van der Waals surface area contributed by atoms with E-state index in [2.05, 4.69) is 49.5 Å². The van der Waals surface area contributed by atoms with Crippen LogP contribution in [0.4, 0.5) is 0 Å². The SMILES string of the molecule is CCCCNC(C)c1ccccc1.Cl. The van der Waals surface area contributed by atoms with E-state index >= 15 is 0 Å². The summed E-state index contributed by atoms with van der Waals surface area (Å²) in [6.45, 7) is 5.55. The van der Waals surface area contributed by atoms with Crippen LogP contribution in [0.25, 0.3) is 0 Å². The lowest BCUT2D eigenvalue weighted by atomic mass is 10.1. The number of nitrogens with one attached hydrogen (secondary N) is 1. The Morgan fingerprint density at radius 2 is 1.86 bits per heavy atom. The number of hydrogen-bond donors (Lipinski definition) is 1. The Kier molecular flexibility index (Phi) is 7.54. The predicted octanol–water partition coefficient (Wildman–Crippen LogP) is 3.56. The summed E-state index contributed by atoms with van der Waals surface area (Å²) in [7, 11) is 0. The molecule has 0 saturated carbocycles. The highest BCUT2D eigenvalue weighted by molar-refractivity contribution is 5.85. The lowest BCUT2D eigenvalue weighted by Crippen LogP contribution is -2.19. The molecule has 0 aromatic heterocycles. The van der Waals surface area contributed by atoms with E-state index in [1.165, 1.54) is 18.4 Å². The first-order chi connectivity index (χ1) is 6.34. The average molecular weight is 214 g/mol. The minimum Gasteiger partial charge on any atom is -0.310 e. The summed E-state index contributed by atoms with van der Waals surface area (Å²) in [5.41, 5.74) is 1.37. The van der Waals surface area contributed by atoms with Gasteiger partial charge in [0.05, 0.1) is 0 Å². The van der Waals surface area contributed by atoms with Crippen molar-refractivity contribution in [2.24, 2.45) is 0 Å². The fourth-order valence-electron chi connectivity index (χ4n) is 1.35. The maximum absolute atomic E-state index is 3.50. The van der Waals surface area contributed by atoms with Gasteiger partial charge in [-0.05, 0) is 25.5 Å². The van der Waals surface area contributed by atoms with Crippen LogP contribution in [-0.2, 0) is 0 Å². The van der Waals surface area contributed by atoms with Crippen molar-refractivity contribution in [2.45, 2.75) is 32.7 Å². The first-order valence-corrected chi connectivity index (χ1v) is 5.13. The third-order valence-corrected chi connectivity index (χ3v) is 2.28. The van der Waals surface area contributed by atoms with Gasteiger partial charge in [0.1, 0.15) is 0 Å². The molecule has 0 heterocycles. The molecule has 0 bridgehead atoms. The zero-order valence-corrected chi connectivity index (χ0v) is 9.81. The van der Waals surface area contributed by atoms with Gasteiger partial charge in [0.25, 0.3) is 0 Å².